The van der Waals surface area contributed by atoms with Gasteiger partial charge in [0.05, 0.1) is 12.3 Å². The van der Waals surface area contributed by atoms with Gasteiger partial charge in [-0.2, -0.15) is 5.10 Å². The van der Waals surface area contributed by atoms with Gasteiger partial charge in [0.1, 0.15) is 0 Å². The first kappa shape index (κ1) is 16.2. The summed E-state index contributed by atoms with van der Waals surface area (Å²) >= 11 is 0. The number of fused-ring (bicyclic) bond motifs is 3. The van der Waals surface area contributed by atoms with Gasteiger partial charge in [0.2, 0.25) is 0 Å². The fourth-order valence-electron chi connectivity index (χ4n) is 4.21. The molecule has 3 aromatic rings. The Balaban J connectivity index is 1.33. The van der Waals surface area contributed by atoms with Crippen LogP contribution in [-0.4, -0.2) is 47.3 Å². The Morgan fingerprint density at radius 3 is 2.11 bits per heavy atom. The zero-order valence-electron chi connectivity index (χ0n) is 15.2. The van der Waals surface area contributed by atoms with Gasteiger partial charge in [0.15, 0.2) is 0 Å². The lowest BCUT2D eigenvalue weighted by Crippen LogP contribution is -2.45. The van der Waals surface area contributed by atoms with Gasteiger partial charge in [0.25, 0.3) is 0 Å². The van der Waals surface area contributed by atoms with E-state index in [-0.39, 0.29) is 0 Å². The molecule has 1 saturated heterocycles. The van der Waals surface area contributed by atoms with E-state index in [0.29, 0.717) is 6.04 Å². The SMILES string of the molecule is C(=N/N1CCN(C2c3ccccc3-c3ccccc32)CC1)/c1cccnc1. The zero-order valence-corrected chi connectivity index (χ0v) is 15.2. The minimum Gasteiger partial charge on any atom is -0.294 e. The number of benzene rings is 2. The van der Waals surface area contributed by atoms with Crippen LogP contribution in [0.15, 0.2) is 78.2 Å². The maximum atomic E-state index is 4.64. The first-order valence-electron chi connectivity index (χ1n) is 9.51. The van der Waals surface area contributed by atoms with Crippen molar-refractivity contribution < 1.29 is 0 Å². The number of piperazine rings is 1. The molecule has 0 spiro atoms. The van der Waals surface area contributed by atoms with E-state index in [2.05, 4.69) is 68.5 Å². The Bertz CT molecular complexity index is 913. The highest BCUT2D eigenvalue weighted by molar-refractivity contribution is 5.79. The summed E-state index contributed by atoms with van der Waals surface area (Å²) in [6.45, 7) is 3.91. The van der Waals surface area contributed by atoms with Crippen LogP contribution in [0, 0.1) is 0 Å². The van der Waals surface area contributed by atoms with Crippen molar-refractivity contribution in [1.29, 1.82) is 0 Å². The van der Waals surface area contributed by atoms with E-state index in [1.54, 1.807) is 6.20 Å². The summed E-state index contributed by atoms with van der Waals surface area (Å²) in [5.74, 6) is 0. The average Bonchev–Trinajstić information content (AvgIpc) is 3.08. The molecular weight excluding hydrogens is 332 g/mol. The molecule has 0 N–H and O–H groups in total. The summed E-state index contributed by atoms with van der Waals surface area (Å²) in [5, 5.41) is 6.81. The molecule has 0 bridgehead atoms. The van der Waals surface area contributed by atoms with Gasteiger partial charge in [-0.3, -0.25) is 14.9 Å². The predicted octanol–water partition coefficient (Wildman–Crippen LogP) is 3.80. The largest absolute Gasteiger partial charge is 0.294 e. The highest BCUT2D eigenvalue weighted by Gasteiger charge is 2.33. The Kier molecular flexibility index (Phi) is 4.18. The second-order valence-corrected chi connectivity index (χ2v) is 7.10. The topological polar surface area (TPSA) is 31.7 Å². The third kappa shape index (κ3) is 3.02. The fourth-order valence-corrected chi connectivity index (χ4v) is 4.21. The van der Waals surface area contributed by atoms with Gasteiger partial charge in [-0.05, 0) is 28.3 Å². The lowest BCUT2D eigenvalue weighted by atomic mass is 10.0. The normalized spacial score (nSPS) is 17.3. The Morgan fingerprint density at radius 2 is 1.48 bits per heavy atom. The maximum Gasteiger partial charge on any atom is 0.0615 e. The van der Waals surface area contributed by atoms with Gasteiger partial charge in [-0.25, -0.2) is 0 Å². The fraction of sp³-hybridized carbons (Fsp3) is 0.217. The van der Waals surface area contributed by atoms with Crippen molar-refractivity contribution in [2.75, 3.05) is 26.2 Å². The summed E-state index contributed by atoms with van der Waals surface area (Å²) in [5.41, 5.74) is 6.68. The molecular formula is C23H22N4. The van der Waals surface area contributed by atoms with Gasteiger partial charge in [0, 0.05) is 44.1 Å². The number of hydrogen-bond donors (Lipinski definition) is 0. The Morgan fingerprint density at radius 1 is 0.815 bits per heavy atom. The molecule has 0 unspecified atom stereocenters. The number of hydrogen-bond acceptors (Lipinski definition) is 4. The molecule has 134 valence electrons. The molecule has 0 amide bonds. The molecule has 1 aliphatic carbocycles. The Labute approximate surface area is 159 Å². The monoisotopic (exact) mass is 354 g/mol. The Hall–Kier alpha value is -2.98. The van der Waals surface area contributed by atoms with Crippen LogP contribution in [-0.2, 0) is 0 Å². The highest BCUT2D eigenvalue weighted by Crippen LogP contribution is 2.46. The van der Waals surface area contributed by atoms with Crippen molar-refractivity contribution in [3.63, 3.8) is 0 Å². The highest BCUT2D eigenvalue weighted by atomic mass is 15.5. The van der Waals surface area contributed by atoms with Crippen LogP contribution in [0.3, 0.4) is 0 Å². The van der Waals surface area contributed by atoms with Crippen LogP contribution in [0.4, 0.5) is 0 Å². The number of pyridine rings is 1. The van der Waals surface area contributed by atoms with Gasteiger partial charge < -0.3 is 0 Å². The minimum atomic E-state index is 0.363. The average molecular weight is 354 g/mol. The van der Waals surface area contributed by atoms with E-state index in [4.69, 9.17) is 0 Å². The van der Waals surface area contributed by atoms with Crippen LogP contribution in [0.25, 0.3) is 11.1 Å². The number of hydrazone groups is 1. The van der Waals surface area contributed by atoms with Crippen molar-refractivity contribution in [1.82, 2.24) is 14.9 Å². The molecule has 1 fully saturated rings. The number of nitrogens with zero attached hydrogens (tertiary/aromatic N) is 4. The van der Waals surface area contributed by atoms with Crippen LogP contribution in [0.1, 0.15) is 22.7 Å². The second kappa shape index (κ2) is 6.97. The molecule has 27 heavy (non-hydrogen) atoms. The van der Waals surface area contributed by atoms with Crippen molar-refractivity contribution in [3.05, 3.63) is 89.7 Å². The molecule has 2 aliphatic rings. The molecule has 0 atom stereocenters. The zero-order chi connectivity index (χ0) is 18.1. The lowest BCUT2D eigenvalue weighted by Gasteiger charge is -2.37. The lowest BCUT2D eigenvalue weighted by molar-refractivity contribution is 0.114. The number of rotatable bonds is 3. The van der Waals surface area contributed by atoms with Gasteiger partial charge >= 0.3 is 0 Å². The van der Waals surface area contributed by atoms with E-state index in [9.17, 15) is 0 Å². The second-order valence-electron chi connectivity index (χ2n) is 7.10. The van der Waals surface area contributed by atoms with Crippen molar-refractivity contribution in [2.24, 2.45) is 5.10 Å². The van der Waals surface area contributed by atoms with E-state index >= 15 is 0 Å². The molecule has 0 saturated carbocycles. The molecule has 2 heterocycles. The van der Waals surface area contributed by atoms with Crippen molar-refractivity contribution in [2.45, 2.75) is 6.04 Å². The van der Waals surface area contributed by atoms with Crippen LogP contribution >= 0.6 is 0 Å². The molecule has 2 aromatic carbocycles. The summed E-state index contributed by atoms with van der Waals surface area (Å²) in [7, 11) is 0. The predicted molar refractivity (Wildman–Crippen MR) is 109 cm³/mol. The minimum absolute atomic E-state index is 0.363. The third-order valence-corrected chi connectivity index (χ3v) is 5.51. The molecule has 1 aromatic heterocycles. The van der Waals surface area contributed by atoms with Gasteiger partial charge in [-0.15, -0.1) is 0 Å². The molecule has 5 rings (SSSR count). The summed E-state index contributed by atoms with van der Waals surface area (Å²) in [6.07, 6.45) is 5.53. The van der Waals surface area contributed by atoms with Gasteiger partial charge in [-0.1, -0.05) is 54.6 Å². The number of aromatic nitrogens is 1. The smallest absolute Gasteiger partial charge is 0.0615 e. The summed E-state index contributed by atoms with van der Waals surface area (Å²) in [4.78, 5) is 6.74. The standard InChI is InChI=1S/C23H22N4/c1-3-9-21-19(7-1)20-8-2-4-10-22(20)23(21)26-12-14-27(15-13-26)25-17-18-6-5-11-24-16-18/h1-11,16-17,23H,12-15H2/b25-17-. The molecule has 1 aliphatic heterocycles. The first-order valence-corrected chi connectivity index (χ1v) is 9.51. The van der Waals surface area contributed by atoms with E-state index in [0.717, 1.165) is 31.7 Å². The summed E-state index contributed by atoms with van der Waals surface area (Å²) < 4.78 is 0. The maximum absolute atomic E-state index is 4.64. The first-order chi connectivity index (χ1) is 13.4. The van der Waals surface area contributed by atoms with Crippen molar-refractivity contribution >= 4 is 6.21 Å². The molecule has 0 radical (unpaired) electrons. The van der Waals surface area contributed by atoms with Crippen LogP contribution < -0.4 is 0 Å². The van der Waals surface area contributed by atoms with E-state index < -0.39 is 0 Å². The van der Waals surface area contributed by atoms with Crippen LogP contribution in [0.2, 0.25) is 0 Å². The van der Waals surface area contributed by atoms with E-state index in [1.807, 2.05) is 24.5 Å². The third-order valence-electron chi connectivity index (χ3n) is 5.51. The summed E-state index contributed by atoms with van der Waals surface area (Å²) in [6, 6.07) is 22.0. The van der Waals surface area contributed by atoms with Crippen LogP contribution in [0.5, 0.6) is 0 Å². The molecule has 4 heteroatoms. The molecule has 4 nitrogen and oxygen atoms in total. The van der Waals surface area contributed by atoms with Crippen molar-refractivity contribution in [3.8, 4) is 11.1 Å². The van der Waals surface area contributed by atoms with E-state index in [1.165, 1.54) is 22.3 Å². The quantitative estimate of drug-likeness (QED) is 0.671.